The van der Waals surface area contributed by atoms with Crippen molar-refractivity contribution in [3.8, 4) is 0 Å². The number of nitrogens with one attached hydrogen (secondary N) is 1. The van der Waals surface area contributed by atoms with Crippen molar-refractivity contribution in [1.29, 1.82) is 0 Å². The summed E-state index contributed by atoms with van der Waals surface area (Å²) >= 11 is 1.17. The molecule has 1 N–H and O–H groups in total. The van der Waals surface area contributed by atoms with Crippen molar-refractivity contribution in [3.05, 3.63) is 15.6 Å². The van der Waals surface area contributed by atoms with Crippen molar-refractivity contribution in [2.45, 2.75) is 46.3 Å². The van der Waals surface area contributed by atoms with Crippen LogP contribution < -0.4 is 5.32 Å². The van der Waals surface area contributed by atoms with Crippen molar-refractivity contribution >= 4 is 11.3 Å². The average Bonchev–Trinajstić information content (AvgIpc) is 2.66. The number of aromatic nitrogens is 1. The van der Waals surface area contributed by atoms with E-state index in [9.17, 15) is 13.2 Å². The van der Waals surface area contributed by atoms with Gasteiger partial charge < -0.3 is 5.32 Å². The van der Waals surface area contributed by atoms with Crippen LogP contribution in [0.15, 0.2) is 0 Å². The minimum absolute atomic E-state index is 0.241. The third kappa shape index (κ3) is 4.57. The fourth-order valence-electron chi connectivity index (χ4n) is 1.50. The minimum atomic E-state index is -4.35. The van der Waals surface area contributed by atoms with Crippen LogP contribution in [0, 0.1) is 5.92 Å². The second-order valence-electron chi connectivity index (χ2n) is 4.59. The Morgan fingerprint density at radius 2 is 2.00 bits per heavy atom. The lowest BCUT2D eigenvalue weighted by atomic mass is 10.1. The van der Waals surface area contributed by atoms with E-state index in [-0.39, 0.29) is 6.54 Å². The average molecular weight is 280 g/mol. The van der Waals surface area contributed by atoms with Gasteiger partial charge in [0, 0.05) is 6.54 Å². The largest absolute Gasteiger partial charge is 0.434 e. The fraction of sp³-hybridized carbons (Fsp3) is 0.750. The van der Waals surface area contributed by atoms with Gasteiger partial charge in [-0.25, -0.2) is 4.98 Å². The molecule has 0 aliphatic heterocycles. The van der Waals surface area contributed by atoms with Crippen LogP contribution >= 0.6 is 11.3 Å². The highest BCUT2D eigenvalue weighted by Gasteiger charge is 2.37. The van der Waals surface area contributed by atoms with Gasteiger partial charge in [-0.1, -0.05) is 20.8 Å². The summed E-state index contributed by atoms with van der Waals surface area (Å²) in [5.74, 6) is 0.473. The molecule has 1 aromatic rings. The first kappa shape index (κ1) is 15.4. The molecule has 0 atom stereocenters. The first-order valence-electron chi connectivity index (χ1n) is 6.11. The zero-order chi connectivity index (χ0) is 13.8. The SMILES string of the molecule is CCNCc1sc(CCC(C)C)nc1C(F)(F)F. The van der Waals surface area contributed by atoms with E-state index >= 15 is 0 Å². The van der Waals surface area contributed by atoms with Crippen molar-refractivity contribution in [3.63, 3.8) is 0 Å². The fourth-order valence-corrected chi connectivity index (χ4v) is 2.57. The molecule has 0 aromatic carbocycles. The number of nitrogens with zero attached hydrogens (tertiary/aromatic N) is 1. The number of thiazole rings is 1. The summed E-state index contributed by atoms with van der Waals surface area (Å²) in [6.07, 6.45) is -2.86. The van der Waals surface area contributed by atoms with E-state index in [0.29, 0.717) is 28.8 Å². The lowest BCUT2D eigenvalue weighted by molar-refractivity contribution is -0.141. The lowest BCUT2D eigenvalue weighted by Crippen LogP contribution is -2.15. The smallest absolute Gasteiger partial charge is 0.312 e. The van der Waals surface area contributed by atoms with Gasteiger partial charge in [0.15, 0.2) is 5.69 Å². The summed E-state index contributed by atoms with van der Waals surface area (Å²) in [5.41, 5.74) is -0.716. The summed E-state index contributed by atoms with van der Waals surface area (Å²) < 4.78 is 38.4. The van der Waals surface area contributed by atoms with Crippen LogP contribution in [-0.2, 0) is 19.1 Å². The molecule has 18 heavy (non-hydrogen) atoms. The maximum Gasteiger partial charge on any atom is 0.434 e. The van der Waals surface area contributed by atoms with Crippen molar-refractivity contribution in [2.75, 3.05) is 6.54 Å². The standard InChI is InChI=1S/C12H19F3N2S/c1-4-16-7-9-11(12(13,14)15)17-10(18-9)6-5-8(2)3/h8,16H,4-7H2,1-3H3. The Balaban J connectivity index is 2.85. The van der Waals surface area contributed by atoms with Crippen molar-refractivity contribution in [2.24, 2.45) is 5.92 Å². The number of hydrogen-bond donors (Lipinski definition) is 1. The van der Waals surface area contributed by atoms with Crippen LogP contribution in [0.1, 0.15) is 42.8 Å². The van der Waals surface area contributed by atoms with Crippen molar-refractivity contribution in [1.82, 2.24) is 10.3 Å². The molecule has 0 fully saturated rings. The minimum Gasteiger partial charge on any atom is -0.312 e. The Hall–Kier alpha value is -0.620. The molecule has 1 rings (SSSR count). The molecule has 0 aliphatic carbocycles. The predicted octanol–water partition coefficient (Wildman–Crippen LogP) is 3.86. The number of hydrogen-bond acceptors (Lipinski definition) is 3. The lowest BCUT2D eigenvalue weighted by Gasteiger charge is -2.05. The Morgan fingerprint density at radius 1 is 1.33 bits per heavy atom. The maximum absolute atomic E-state index is 12.8. The normalized spacial score (nSPS) is 12.4. The predicted molar refractivity (Wildman–Crippen MR) is 67.7 cm³/mol. The third-order valence-corrected chi connectivity index (χ3v) is 3.60. The summed E-state index contributed by atoms with van der Waals surface area (Å²) in [6.45, 7) is 6.87. The van der Waals surface area contributed by atoms with Gasteiger partial charge in [0.05, 0.1) is 9.88 Å². The molecule has 6 heteroatoms. The Morgan fingerprint density at radius 3 is 2.50 bits per heavy atom. The van der Waals surface area contributed by atoms with E-state index in [2.05, 4.69) is 24.1 Å². The maximum atomic E-state index is 12.8. The molecular formula is C12H19F3N2S. The number of alkyl halides is 3. The third-order valence-electron chi connectivity index (χ3n) is 2.48. The quantitative estimate of drug-likeness (QED) is 0.856. The summed E-state index contributed by atoms with van der Waals surface area (Å²) in [5, 5.41) is 3.51. The molecule has 0 aliphatic rings. The molecule has 0 unspecified atom stereocenters. The number of aryl methyl sites for hydroxylation is 1. The van der Waals surface area contributed by atoms with Gasteiger partial charge in [-0.2, -0.15) is 13.2 Å². The molecule has 1 heterocycles. The zero-order valence-corrected chi connectivity index (χ0v) is 11.7. The van der Waals surface area contributed by atoms with Gasteiger partial charge in [0.25, 0.3) is 0 Å². The van der Waals surface area contributed by atoms with Crippen LogP contribution in [0.3, 0.4) is 0 Å². The second-order valence-corrected chi connectivity index (χ2v) is 5.76. The van der Waals surface area contributed by atoms with E-state index in [1.807, 2.05) is 6.92 Å². The summed E-state index contributed by atoms with van der Waals surface area (Å²) in [4.78, 5) is 4.05. The topological polar surface area (TPSA) is 24.9 Å². The van der Waals surface area contributed by atoms with Gasteiger partial charge in [-0.15, -0.1) is 11.3 Å². The van der Waals surface area contributed by atoms with Gasteiger partial charge in [0.1, 0.15) is 0 Å². The Kier molecular flexibility index (Phi) is 5.59. The van der Waals surface area contributed by atoms with E-state index in [4.69, 9.17) is 0 Å². The van der Waals surface area contributed by atoms with E-state index < -0.39 is 11.9 Å². The molecule has 0 saturated heterocycles. The molecule has 0 bridgehead atoms. The molecule has 0 amide bonds. The highest BCUT2D eigenvalue weighted by Crippen LogP contribution is 2.34. The summed E-state index contributed by atoms with van der Waals surface area (Å²) in [7, 11) is 0. The molecule has 0 spiro atoms. The highest BCUT2D eigenvalue weighted by molar-refractivity contribution is 7.11. The van der Waals surface area contributed by atoms with E-state index in [0.717, 1.165) is 6.42 Å². The molecule has 0 radical (unpaired) electrons. The van der Waals surface area contributed by atoms with Gasteiger partial charge in [-0.3, -0.25) is 0 Å². The highest BCUT2D eigenvalue weighted by atomic mass is 32.1. The monoisotopic (exact) mass is 280 g/mol. The van der Waals surface area contributed by atoms with Gasteiger partial charge in [0.2, 0.25) is 0 Å². The van der Waals surface area contributed by atoms with E-state index in [1.165, 1.54) is 11.3 Å². The van der Waals surface area contributed by atoms with Crippen molar-refractivity contribution < 1.29 is 13.2 Å². The molecule has 0 saturated carbocycles. The molecule has 104 valence electrons. The zero-order valence-electron chi connectivity index (χ0n) is 10.9. The van der Waals surface area contributed by atoms with Crippen LogP contribution in [0.2, 0.25) is 0 Å². The van der Waals surface area contributed by atoms with Crippen LogP contribution in [0.25, 0.3) is 0 Å². The first-order valence-corrected chi connectivity index (χ1v) is 6.92. The Bertz CT molecular complexity index is 372. The molecule has 1 aromatic heterocycles. The van der Waals surface area contributed by atoms with Crippen LogP contribution in [0.4, 0.5) is 13.2 Å². The summed E-state index contributed by atoms with van der Waals surface area (Å²) in [6, 6.07) is 0. The van der Waals surface area contributed by atoms with Crippen LogP contribution in [0.5, 0.6) is 0 Å². The first-order chi connectivity index (χ1) is 8.34. The van der Waals surface area contributed by atoms with E-state index in [1.54, 1.807) is 0 Å². The van der Waals surface area contributed by atoms with Gasteiger partial charge in [-0.05, 0) is 25.3 Å². The second kappa shape index (κ2) is 6.52. The number of halogens is 3. The number of rotatable bonds is 6. The molecule has 2 nitrogen and oxygen atoms in total. The Labute approximate surface area is 110 Å². The van der Waals surface area contributed by atoms with Gasteiger partial charge >= 0.3 is 6.18 Å². The molecular weight excluding hydrogens is 261 g/mol. The van der Waals surface area contributed by atoms with Crippen LogP contribution in [-0.4, -0.2) is 11.5 Å².